The zero-order valence-corrected chi connectivity index (χ0v) is 13.8. The molecule has 0 bridgehead atoms. The number of para-hydroxylation sites is 1. The van der Waals surface area contributed by atoms with Crippen LogP contribution in [-0.2, 0) is 6.61 Å². The van der Waals surface area contributed by atoms with Crippen LogP contribution in [0, 0.1) is 0 Å². The van der Waals surface area contributed by atoms with E-state index in [1.165, 1.54) is 7.05 Å². The number of ether oxygens (including phenoxy) is 2. The van der Waals surface area contributed by atoms with E-state index in [1.54, 1.807) is 29.5 Å². The first-order valence-electron chi connectivity index (χ1n) is 6.82. The molecule has 0 saturated heterocycles. The summed E-state index contributed by atoms with van der Waals surface area (Å²) in [5, 5.41) is 3.54. The van der Waals surface area contributed by atoms with E-state index in [4.69, 9.17) is 21.1 Å². The highest BCUT2D eigenvalue weighted by molar-refractivity contribution is 7.18. The Morgan fingerprint density at radius 3 is 2.87 bits per heavy atom. The van der Waals surface area contributed by atoms with Gasteiger partial charge in [-0.1, -0.05) is 23.7 Å². The molecular weight excluding hydrogens is 336 g/mol. The van der Waals surface area contributed by atoms with E-state index < -0.39 is 6.09 Å². The van der Waals surface area contributed by atoms with Crippen molar-refractivity contribution in [2.45, 2.75) is 6.61 Å². The molecule has 3 aromatic rings. The fraction of sp³-hybridized carbons (Fsp3) is 0.125. The Morgan fingerprint density at radius 2 is 2.13 bits per heavy atom. The summed E-state index contributed by atoms with van der Waals surface area (Å²) < 4.78 is 11.8. The minimum atomic E-state index is -0.574. The van der Waals surface area contributed by atoms with E-state index in [9.17, 15) is 4.79 Å². The fourth-order valence-electron chi connectivity index (χ4n) is 1.93. The Labute approximate surface area is 141 Å². The van der Waals surface area contributed by atoms with Crippen LogP contribution in [0.1, 0.15) is 5.01 Å². The van der Waals surface area contributed by atoms with Crippen molar-refractivity contribution in [1.29, 1.82) is 0 Å². The minimum Gasteiger partial charge on any atom is -0.486 e. The van der Waals surface area contributed by atoms with Gasteiger partial charge in [-0.05, 0) is 24.3 Å². The topological polar surface area (TPSA) is 60.5 Å². The van der Waals surface area contributed by atoms with Gasteiger partial charge in [-0.3, -0.25) is 0 Å². The van der Waals surface area contributed by atoms with Gasteiger partial charge in [-0.25, -0.2) is 9.78 Å². The monoisotopic (exact) mass is 348 g/mol. The van der Waals surface area contributed by atoms with Crippen molar-refractivity contribution in [3.8, 4) is 11.5 Å². The number of carbonyl (C=O) groups is 1. The molecule has 0 fully saturated rings. The second kappa shape index (κ2) is 6.85. The Hall–Kier alpha value is -2.31. The number of benzene rings is 2. The number of nitrogens with one attached hydrogen (secondary N) is 1. The SMILES string of the molecule is CNC(=O)Oc1ccc(OCc2nc3ccccc3s2)cc1Cl. The summed E-state index contributed by atoms with van der Waals surface area (Å²) in [5.41, 5.74) is 0.962. The van der Waals surface area contributed by atoms with Gasteiger partial charge in [0.1, 0.15) is 17.4 Å². The smallest absolute Gasteiger partial charge is 0.412 e. The van der Waals surface area contributed by atoms with E-state index in [1.807, 2.05) is 24.3 Å². The minimum absolute atomic E-state index is 0.276. The van der Waals surface area contributed by atoms with Crippen molar-refractivity contribution in [1.82, 2.24) is 10.3 Å². The molecule has 2 aromatic carbocycles. The molecule has 0 aliphatic rings. The average molecular weight is 349 g/mol. The van der Waals surface area contributed by atoms with Gasteiger partial charge in [0.05, 0.1) is 15.2 Å². The Morgan fingerprint density at radius 1 is 1.30 bits per heavy atom. The normalized spacial score (nSPS) is 10.5. The lowest BCUT2D eigenvalue weighted by Gasteiger charge is -2.08. The molecule has 3 rings (SSSR count). The summed E-state index contributed by atoms with van der Waals surface area (Å²) >= 11 is 7.67. The molecular formula is C16H13ClN2O3S. The van der Waals surface area contributed by atoms with Crippen molar-refractivity contribution < 1.29 is 14.3 Å². The van der Waals surface area contributed by atoms with Crippen molar-refractivity contribution in [3.63, 3.8) is 0 Å². The van der Waals surface area contributed by atoms with E-state index in [2.05, 4.69) is 10.3 Å². The third-order valence-electron chi connectivity index (χ3n) is 3.01. The second-order valence-corrected chi connectivity index (χ2v) is 6.12. The number of hydrogen-bond acceptors (Lipinski definition) is 5. The van der Waals surface area contributed by atoms with Crippen LogP contribution >= 0.6 is 22.9 Å². The zero-order chi connectivity index (χ0) is 16.2. The molecule has 0 spiro atoms. The highest BCUT2D eigenvalue weighted by Crippen LogP contribution is 2.30. The van der Waals surface area contributed by atoms with Crippen LogP contribution in [0.5, 0.6) is 11.5 Å². The first-order valence-corrected chi connectivity index (χ1v) is 8.01. The van der Waals surface area contributed by atoms with Crippen LogP contribution in [0.3, 0.4) is 0 Å². The van der Waals surface area contributed by atoms with Crippen LogP contribution in [0.2, 0.25) is 5.02 Å². The van der Waals surface area contributed by atoms with E-state index in [-0.39, 0.29) is 5.75 Å². The van der Waals surface area contributed by atoms with Crippen LogP contribution in [0.15, 0.2) is 42.5 Å². The molecule has 1 heterocycles. The number of fused-ring (bicyclic) bond motifs is 1. The van der Waals surface area contributed by atoms with Crippen molar-refractivity contribution >= 4 is 39.2 Å². The summed E-state index contributed by atoms with van der Waals surface area (Å²) in [6.45, 7) is 0.353. The Balaban J connectivity index is 1.68. The predicted octanol–water partition coefficient (Wildman–Crippen LogP) is 4.25. The van der Waals surface area contributed by atoms with Gasteiger partial charge in [0, 0.05) is 13.1 Å². The molecule has 23 heavy (non-hydrogen) atoms. The molecule has 1 amide bonds. The molecule has 118 valence electrons. The molecule has 0 saturated carbocycles. The maximum Gasteiger partial charge on any atom is 0.412 e. The number of carbonyl (C=O) groups excluding carboxylic acids is 1. The van der Waals surface area contributed by atoms with Crippen molar-refractivity contribution in [2.24, 2.45) is 0 Å². The maximum absolute atomic E-state index is 11.2. The largest absolute Gasteiger partial charge is 0.486 e. The number of rotatable bonds is 4. The lowest BCUT2D eigenvalue weighted by molar-refractivity contribution is 0.203. The summed E-state index contributed by atoms with van der Waals surface area (Å²) in [4.78, 5) is 15.7. The van der Waals surface area contributed by atoms with Crippen LogP contribution in [0.4, 0.5) is 4.79 Å². The predicted molar refractivity (Wildman–Crippen MR) is 90.5 cm³/mol. The van der Waals surface area contributed by atoms with E-state index in [0.717, 1.165) is 15.2 Å². The third-order valence-corrected chi connectivity index (χ3v) is 4.32. The molecule has 1 aromatic heterocycles. The first kappa shape index (κ1) is 15.6. The molecule has 0 radical (unpaired) electrons. The first-order chi connectivity index (χ1) is 11.2. The average Bonchev–Trinajstić information content (AvgIpc) is 2.98. The number of hydrogen-bond donors (Lipinski definition) is 1. The van der Waals surface area contributed by atoms with Gasteiger partial charge in [0.2, 0.25) is 0 Å². The summed E-state index contributed by atoms with van der Waals surface area (Å²) in [7, 11) is 1.48. The highest BCUT2D eigenvalue weighted by Gasteiger charge is 2.09. The van der Waals surface area contributed by atoms with Gasteiger partial charge in [-0.15, -0.1) is 11.3 Å². The van der Waals surface area contributed by atoms with Crippen molar-refractivity contribution in [2.75, 3.05) is 7.05 Å². The van der Waals surface area contributed by atoms with Crippen LogP contribution in [0.25, 0.3) is 10.2 Å². The van der Waals surface area contributed by atoms with Crippen molar-refractivity contribution in [3.05, 3.63) is 52.5 Å². The summed E-state index contributed by atoms with van der Waals surface area (Å²) in [6, 6.07) is 12.8. The second-order valence-electron chi connectivity index (χ2n) is 4.60. The van der Waals surface area contributed by atoms with E-state index in [0.29, 0.717) is 17.4 Å². The molecule has 0 unspecified atom stereocenters. The molecule has 5 nitrogen and oxygen atoms in total. The number of thiazole rings is 1. The lowest BCUT2D eigenvalue weighted by atomic mass is 10.3. The Kier molecular flexibility index (Phi) is 4.64. The number of nitrogens with zero attached hydrogens (tertiary/aromatic N) is 1. The highest BCUT2D eigenvalue weighted by atomic mass is 35.5. The number of halogens is 1. The standard InChI is InChI=1S/C16H13ClN2O3S/c1-18-16(20)22-13-7-6-10(8-11(13)17)21-9-15-19-12-4-2-3-5-14(12)23-15/h2-8H,9H2,1H3,(H,18,20). The van der Waals surface area contributed by atoms with Gasteiger partial charge in [0.25, 0.3) is 0 Å². The molecule has 0 aliphatic heterocycles. The van der Waals surface area contributed by atoms with E-state index >= 15 is 0 Å². The molecule has 7 heteroatoms. The van der Waals surface area contributed by atoms with Gasteiger partial charge < -0.3 is 14.8 Å². The lowest BCUT2D eigenvalue weighted by Crippen LogP contribution is -2.22. The Bertz CT molecular complexity index is 817. The molecule has 1 N–H and O–H groups in total. The summed E-state index contributed by atoms with van der Waals surface area (Å²) in [6.07, 6.45) is -0.574. The van der Waals surface area contributed by atoms with Gasteiger partial charge in [0.15, 0.2) is 5.75 Å². The van der Waals surface area contributed by atoms with Crippen LogP contribution < -0.4 is 14.8 Å². The molecule has 0 aliphatic carbocycles. The number of amides is 1. The van der Waals surface area contributed by atoms with Gasteiger partial charge in [-0.2, -0.15) is 0 Å². The molecule has 0 atom stereocenters. The zero-order valence-electron chi connectivity index (χ0n) is 12.2. The van der Waals surface area contributed by atoms with Gasteiger partial charge >= 0.3 is 6.09 Å². The summed E-state index contributed by atoms with van der Waals surface area (Å²) in [5.74, 6) is 0.858. The van der Waals surface area contributed by atoms with Crippen LogP contribution in [-0.4, -0.2) is 18.1 Å². The fourth-order valence-corrected chi connectivity index (χ4v) is 3.02. The number of aromatic nitrogens is 1. The quantitative estimate of drug-likeness (QED) is 0.765. The maximum atomic E-state index is 11.2. The third kappa shape index (κ3) is 3.72.